The van der Waals surface area contributed by atoms with Crippen LogP contribution in [0.2, 0.25) is 0 Å². The summed E-state index contributed by atoms with van der Waals surface area (Å²) in [6.07, 6.45) is -1.21. The standard InChI is InChI=1S/C17H26F3N5OS/c1-21-16(22-8-15-24-14(11-27-15)17(18,19)20)23-13-2-5-25(6-3-13)9-12-4-7-26-10-12/h11-13H,2-10H2,1H3,(H2,21,22,23). The number of hydrogen-bond donors (Lipinski definition) is 2. The van der Waals surface area contributed by atoms with Crippen LogP contribution in [0.4, 0.5) is 13.2 Å². The van der Waals surface area contributed by atoms with Crippen LogP contribution in [0.25, 0.3) is 0 Å². The van der Waals surface area contributed by atoms with Crippen LogP contribution in [0.15, 0.2) is 10.4 Å². The number of hydrogen-bond acceptors (Lipinski definition) is 5. The summed E-state index contributed by atoms with van der Waals surface area (Å²) in [7, 11) is 1.66. The Morgan fingerprint density at radius 1 is 1.37 bits per heavy atom. The predicted molar refractivity (Wildman–Crippen MR) is 98.8 cm³/mol. The minimum Gasteiger partial charge on any atom is -0.381 e. The maximum Gasteiger partial charge on any atom is 0.434 e. The lowest BCUT2D eigenvalue weighted by Crippen LogP contribution is -2.49. The Hall–Kier alpha value is -1.39. The molecule has 10 heteroatoms. The van der Waals surface area contributed by atoms with Crippen molar-refractivity contribution < 1.29 is 17.9 Å². The van der Waals surface area contributed by atoms with Gasteiger partial charge in [0.1, 0.15) is 5.01 Å². The van der Waals surface area contributed by atoms with Crippen LogP contribution < -0.4 is 10.6 Å². The fourth-order valence-corrected chi connectivity index (χ4v) is 4.16. The molecule has 2 aliphatic heterocycles. The summed E-state index contributed by atoms with van der Waals surface area (Å²) < 4.78 is 43.3. The van der Waals surface area contributed by atoms with Crippen molar-refractivity contribution in [2.24, 2.45) is 10.9 Å². The SMILES string of the molecule is CN=C(NCc1nc(C(F)(F)F)cs1)NC1CCN(CC2CCOC2)CC1. The highest BCUT2D eigenvalue weighted by Gasteiger charge is 2.33. The van der Waals surface area contributed by atoms with Crippen molar-refractivity contribution in [3.8, 4) is 0 Å². The van der Waals surface area contributed by atoms with Gasteiger partial charge in [-0.25, -0.2) is 4.98 Å². The first-order valence-electron chi connectivity index (χ1n) is 9.23. The molecular formula is C17H26F3N5OS. The first-order valence-corrected chi connectivity index (χ1v) is 10.1. The van der Waals surface area contributed by atoms with Gasteiger partial charge in [0.2, 0.25) is 0 Å². The molecule has 0 aliphatic carbocycles. The van der Waals surface area contributed by atoms with Gasteiger partial charge in [0.15, 0.2) is 11.7 Å². The summed E-state index contributed by atoms with van der Waals surface area (Å²) in [4.78, 5) is 10.3. The maximum absolute atomic E-state index is 12.6. The second-order valence-electron chi connectivity index (χ2n) is 7.00. The molecule has 0 radical (unpaired) electrons. The molecule has 3 rings (SSSR count). The van der Waals surface area contributed by atoms with E-state index in [-0.39, 0.29) is 6.54 Å². The molecule has 0 aromatic carbocycles. The molecule has 6 nitrogen and oxygen atoms in total. The summed E-state index contributed by atoms with van der Waals surface area (Å²) in [5, 5.41) is 7.85. The van der Waals surface area contributed by atoms with Gasteiger partial charge in [0, 0.05) is 44.7 Å². The number of ether oxygens (including phenoxy) is 1. The number of nitrogens with zero attached hydrogens (tertiary/aromatic N) is 3. The zero-order valence-corrected chi connectivity index (χ0v) is 16.2. The second-order valence-corrected chi connectivity index (χ2v) is 7.94. The van der Waals surface area contributed by atoms with Crippen molar-refractivity contribution in [3.05, 3.63) is 16.1 Å². The number of thiazole rings is 1. The van der Waals surface area contributed by atoms with E-state index in [0.29, 0.717) is 22.9 Å². The summed E-state index contributed by atoms with van der Waals surface area (Å²) in [6.45, 7) is 5.15. The Bertz CT molecular complexity index is 622. The molecule has 1 aromatic heterocycles. The summed E-state index contributed by atoms with van der Waals surface area (Å²) in [5.74, 6) is 1.25. The van der Waals surface area contributed by atoms with Crippen LogP contribution in [0.1, 0.15) is 30.0 Å². The van der Waals surface area contributed by atoms with Gasteiger partial charge in [-0.3, -0.25) is 4.99 Å². The molecule has 152 valence electrons. The minimum atomic E-state index is -4.40. The van der Waals surface area contributed by atoms with Crippen LogP contribution in [0, 0.1) is 5.92 Å². The normalized spacial score (nSPS) is 23.0. The Balaban J connectivity index is 1.39. The molecule has 2 N–H and O–H groups in total. The molecule has 2 fully saturated rings. The van der Waals surface area contributed by atoms with Crippen molar-refractivity contribution in [3.63, 3.8) is 0 Å². The van der Waals surface area contributed by atoms with Crippen LogP contribution in [0.5, 0.6) is 0 Å². The number of piperidine rings is 1. The van der Waals surface area contributed by atoms with Crippen LogP contribution in [-0.4, -0.2) is 61.8 Å². The first kappa shape index (κ1) is 20.3. The van der Waals surface area contributed by atoms with Gasteiger partial charge >= 0.3 is 6.18 Å². The predicted octanol–water partition coefficient (Wildman–Crippen LogP) is 2.33. The number of alkyl halides is 3. The fraction of sp³-hybridized carbons (Fsp3) is 0.765. The fourth-order valence-electron chi connectivity index (χ4n) is 3.42. The van der Waals surface area contributed by atoms with Gasteiger partial charge in [-0.05, 0) is 25.2 Å². The van der Waals surface area contributed by atoms with Crippen molar-refractivity contribution in [1.29, 1.82) is 0 Å². The monoisotopic (exact) mass is 405 g/mol. The Kier molecular flexibility index (Phi) is 6.93. The molecule has 1 atom stereocenters. The van der Waals surface area contributed by atoms with E-state index in [2.05, 4.69) is 25.5 Å². The van der Waals surface area contributed by atoms with Gasteiger partial charge in [-0.15, -0.1) is 11.3 Å². The zero-order chi connectivity index (χ0) is 19.3. The van der Waals surface area contributed by atoms with Crippen molar-refractivity contribution in [1.82, 2.24) is 20.5 Å². The van der Waals surface area contributed by atoms with Gasteiger partial charge in [-0.1, -0.05) is 0 Å². The van der Waals surface area contributed by atoms with E-state index < -0.39 is 11.9 Å². The largest absolute Gasteiger partial charge is 0.434 e. The van der Waals surface area contributed by atoms with Gasteiger partial charge in [0.05, 0.1) is 13.2 Å². The molecule has 2 aliphatic rings. The highest BCUT2D eigenvalue weighted by molar-refractivity contribution is 7.09. The van der Waals surface area contributed by atoms with Crippen molar-refractivity contribution in [2.75, 3.05) is 39.9 Å². The number of guanidine groups is 1. The number of likely N-dealkylation sites (tertiary alicyclic amines) is 1. The third-order valence-electron chi connectivity index (χ3n) is 4.94. The third-order valence-corrected chi connectivity index (χ3v) is 5.79. The summed E-state index contributed by atoms with van der Waals surface area (Å²) in [6, 6.07) is 0.314. The lowest BCUT2D eigenvalue weighted by atomic mass is 10.0. The molecule has 2 saturated heterocycles. The molecular weight excluding hydrogens is 379 g/mol. The number of aliphatic imine (C=N–C) groups is 1. The van der Waals surface area contributed by atoms with Crippen molar-refractivity contribution in [2.45, 2.75) is 38.0 Å². The third kappa shape index (κ3) is 6.05. The highest BCUT2D eigenvalue weighted by Crippen LogP contribution is 2.29. The van der Waals surface area contributed by atoms with Crippen LogP contribution in [-0.2, 0) is 17.5 Å². The second kappa shape index (κ2) is 9.20. The van der Waals surface area contributed by atoms with E-state index >= 15 is 0 Å². The molecule has 1 aromatic rings. The van der Waals surface area contributed by atoms with Crippen LogP contribution in [0.3, 0.4) is 0 Å². The van der Waals surface area contributed by atoms with E-state index in [4.69, 9.17) is 4.74 Å². The Morgan fingerprint density at radius 3 is 2.74 bits per heavy atom. The van der Waals surface area contributed by atoms with E-state index in [1.807, 2.05) is 0 Å². The number of rotatable bonds is 5. The number of aromatic nitrogens is 1. The first-order chi connectivity index (χ1) is 12.9. The van der Waals surface area contributed by atoms with Crippen LogP contribution >= 0.6 is 11.3 Å². The average molecular weight is 405 g/mol. The van der Waals surface area contributed by atoms with E-state index in [1.165, 1.54) is 0 Å². The molecule has 0 saturated carbocycles. The quantitative estimate of drug-likeness (QED) is 0.582. The maximum atomic E-state index is 12.6. The average Bonchev–Trinajstić information content (AvgIpc) is 3.31. The smallest absolute Gasteiger partial charge is 0.381 e. The molecule has 0 bridgehead atoms. The minimum absolute atomic E-state index is 0.223. The molecule has 0 amide bonds. The van der Waals surface area contributed by atoms with Gasteiger partial charge < -0.3 is 20.3 Å². The zero-order valence-electron chi connectivity index (χ0n) is 15.4. The Morgan fingerprint density at radius 2 is 2.15 bits per heavy atom. The van der Waals surface area contributed by atoms with E-state index in [1.54, 1.807) is 7.05 Å². The van der Waals surface area contributed by atoms with E-state index in [9.17, 15) is 13.2 Å². The Labute approximate surface area is 161 Å². The number of nitrogens with one attached hydrogen (secondary N) is 2. The molecule has 1 unspecified atom stereocenters. The highest BCUT2D eigenvalue weighted by atomic mass is 32.1. The van der Waals surface area contributed by atoms with Gasteiger partial charge in [-0.2, -0.15) is 13.2 Å². The topological polar surface area (TPSA) is 61.8 Å². The van der Waals surface area contributed by atoms with Gasteiger partial charge in [0.25, 0.3) is 0 Å². The number of halogens is 3. The van der Waals surface area contributed by atoms with Crippen molar-refractivity contribution >= 4 is 17.3 Å². The molecule has 27 heavy (non-hydrogen) atoms. The molecule has 0 spiro atoms. The van der Waals surface area contributed by atoms with E-state index in [0.717, 1.165) is 68.8 Å². The molecule has 3 heterocycles. The summed E-state index contributed by atoms with van der Waals surface area (Å²) in [5.41, 5.74) is -0.840. The lowest BCUT2D eigenvalue weighted by molar-refractivity contribution is -0.140. The summed E-state index contributed by atoms with van der Waals surface area (Å²) >= 11 is 0.997. The lowest BCUT2D eigenvalue weighted by Gasteiger charge is -2.34.